The molecule has 0 bridgehead atoms. The van der Waals surface area contributed by atoms with Crippen LogP contribution in [0.15, 0.2) is 24.3 Å². The predicted molar refractivity (Wildman–Crippen MR) is 71.4 cm³/mol. The Morgan fingerprint density at radius 3 is 2.89 bits per heavy atom. The zero-order valence-electron chi connectivity index (χ0n) is 11.0. The molecule has 2 unspecified atom stereocenters. The normalized spacial score (nSPS) is 24.6. The first-order chi connectivity index (χ1) is 8.79. The van der Waals surface area contributed by atoms with Crippen molar-refractivity contribution in [1.29, 1.82) is 0 Å². The number of halogens is 1. The second-order valence-electron chi connectivity index (χ2n) is 4.92. The largest absolute Gasteiger partial charge is 0.489 e. The Morgan fingerprint density at radius 1 is 1.28 bits per heavy atom. The van der Waals surface area contributed by atoms with Gasteiger partial charge in [-0.25, -0.2) is 4.39 Å². The van der Waals surface area contributed by atoms with Crippen molar-refractivity contribution in [2.24, 2.45) is 0 Å². The summed E-state index contributed by atoms with van der Waals surface area (Å²) >= 11 is 0. The van der Waals surface area contributed by atoms with Gasteiger partial charge in [-0.3, -0.25) is 0 Å². The Morgan fingerprint density at radius 2 is 2.11 bits per heavy atom. The fourth-order valence-corrected chi connectivity index (χ4v) is 2.63. The number of rotatable bonds is 4. The van der Waals surface area contributed by atoms with Crippen molar-refractivity contribution in [2.45, 2.75) is 51.2 Å². The molecule has 100 valence electrons. The summed E-state index contributed by atoms with van der Waals surface area (Å²) in [7, 11) is 0. The van der Waals surface area contributed by atoms with Crippen LogP contribution in [0.2, 0.25) is 0 Å². The Bertz CT molecular complexity index is 369. The molecular weight excluding hydrogens is 229 g/mol. The zero-order chi connectivity index (χ0) is 12.8. The summed E-state index contributed by atoms with van der Waals surface area (Å²) in [4.78, 5) is 0. The molecule has 1 aliphatic carbocycles. The van der Waals surface area contributed by atoms with E-state index < -0.39 is 0 Å². The van der Waals surface area contributed by atoms with Crippen LogP contribution in [0, 0.1) is 5.82 Å². The Kier molecular flexibility index (Phi) is 5.00. The number of benzene rings is 1. The lowest BCUT2D eigenvalue weighted by Crippen LogP contribution is -2.42. The summed E-state index contributed by atoms with van der Waals surface area (Å²) in [6.07, 6.45) is 6.07. The standard InChI is InChI=1S/C15H22FNO/c1-2-17-14-9-4-3-5-10-15(14)18-13-8-6-7-12(16)11-13/h6-8,11,14-15,17H,2-5,9-10H2,1H3. The van der Waals surface area contributed by atoms with Crippen LogP contribution in [-0.4, -0.2) is 18.7 Å². The topological polar surface area (TPSA) is 21.3 Å². The fourth-order valence-electron chi connectivity index (χ4n) is 2.63. The average molecular weight is 251 g/mol. The van der Waals surface area contributed by atoms with Crippen molar-refractivity contribution < 1.29 is 9.13 Å². The van der Waals surface area contributed by atoms with E-state index in [0.29, 0.717) is 11.8 Å². The summed E-state index contributed by atoms with van der Waals surface area (Å²) in [5.41, 5.74) is 0. The van der Waals surface area contributed by atoms with Crippen molar-refractivity contribution in [3.63, 3.8) is 0 Å². The van der Waals surface area contributed by atoms with Crippen LogP contribution in [0.25, 0.3) is 0 Å². The van der Waals surface area contributed by atoms with Gasteiger partial charge in [-0.2, -0.15) is 0 Å². The van der Waals surface area contributed by atoms with E-state index in [2.05, 4.69) is 12.2 Å². The van der Waals surface area contributed by atoms with Gasteiger partial charge in [-0.1, -0.05) is 25.8 Å². The molecule has 1 N–H and O–H groups in total. The predicted octanol–water partition coefficient (Wildman–Crippen LogP) is 3.52. The van der Waals surface area contributed by atoms with Crippen molar-refractivity contribution in [2.75, 3.05) is 6.54 Å². The lowest BCUT2D eigenvalue weighted by molar-refractivity contribution is 0.145. The number of nitrogens with one attached hydrogen (secondary N) is 1. The van der Waals surface area contributed by atoms with E-state index in [1.165, 1.54) is 31.4 Å². The van der Waals surface area contributed by atoms with Gasteiger partial charge < -0.3 is 10.1 Å². The minimum absolute atomic E-state index is 0.161. The Hall–Kier alpha value is -1.09. The molecule has 18 heavy (non-hydrogen) atoms. The molecule has 1 fully saturated rings. The van der Waals surface area contributed by atoms with E-state index in [9.17, 15) is 4.39 Å². The maximum Gasteiger partial charge on any atom is 0.126 e. The van der Waals surface area contributed by atoms with Crippen LogP contribution in [0.4, 0.5) is 4.39 Å². The molecule has 3 heteroatoms. The van der Waals surface area contributed by atoms with Gasteiger partial charge in [0.15, 0.2) is 0 Å². The maximum atomic E-state index is 13.2. The van der Waals surface area contributed by atoms with Crippen molar-refractivity contribution in [1.82, 2.24) is 5.32 Å². The third-order valence-corrected chi connectivity index (χ3v) is 3.50. The minimum Gasteiger partial charge on any atom is -0.489 e. The van der Waals surface area contributed by atoms with Gasteiger partial charge in [0.25, 0.3) is 0 Å². The Balaban J connectivity index is 2.03. The molecule has 0 aromatic heterocycles. The van der Waals surface area contributed by atoms with Crippen LogP contribution >= 0.6 is 0 Å². The van der Waals surface area contributed by atoms with E-state index in [0.717, 1.165) is 19.4 Å². The molecule has 1 aliphatic rings. The molecule has 2 atom stereocenters. The fraction of sp³-hybridized carbons (Fsp3) is 0.600. The number of hydrogen-bond acceptors (Lipinski definition) is 2. The minimum atomic E-state index is -0.235. The molecule has 0 amide bonds. The summed E-state index contributed by atoms with van der Waals surface area (Å²) in [5.74, 6) is 0.408. The molecule has 0 radical (unpaired) electrons. The first kappa shape index (κ1) is 13.3. The lowest BCUT2D eigenvalue weighted by Gasteiger charge is -2.26. The zero-order valence-corrected chi connectivity index (χ0v) is 11.0. The van der Waals surface area contributed by atoms with E-state index in [1.54, 1.807) is 6.07 Å². The monoisotopic (exact) mass is 251 g/mol. The molecule has 1 saturated carbocycles. The maximum absolute atomic E-state index is 13.2. The van der Waals surface area contributed by atoms with Crippen LogP contribution < -0.4 is 10.1 Å². The highest BCUT2D eigenvalue weighted by Crippen LogP contribution is 2.23. The summed E-state index contributed by atoms with van der Waals surface area (Å²) in [5, 5.41) is 3.49. The number of hydrogen-bond donors (Lipinski definition) is 1. The van der Waals surface area contributed by atoms with Crippen molar-refractivity contribution in [3.05, 3.63) is 30.1 Å². The molecule has 1 aromatic rings. The van der Waals surface area contributed by atoms with Gasteiger partial charge in [0.05, 0.1) is 0 Å². The second kappa shape index (κ2) is 6.74. The average Bonchev–Trinajstić information content (AvgIpc) is 2.56. The van der Waals surface area contributed by atoms with E-state index in [1.807, 2.05) is 6.07 Å². The molecular formula is C15H22FNO. The van der Waals surface area contributed by atoms with Gasteiger partial charge in [0.2, 0.25) is 0 Å². The number of likely N-dealkylation sites (N-methyl/N-ethyl adjacent to an activating group) is 1. The van der Waals surface area contributed by atoms with Gasteiger partial charge in [0.1, 0.15) is 17.7 Å². The third kappa shape index (κ3) is 3.70. The summed E-state index contributed by atoms with van der Waals surface area (Å²) < 4.78 is 19.1. The highest BCUT2D eigenvalue weighted by atomic mass is 19.1. The van der Waals surface area contributed by atoms with Gasteiger partial charge in [0, 0.05) is 12.1 Å². The van der Waals surface area contributed by atoms with Crippen molar-refractivity contribution >= 4 is 0 Å². The Labute approximate surface area is 109 Å². The van der Waals surface area contributed by atoms with Gasteiger partial charge >= 0.3 is 0 Å². The van der Waals surface area contributed by atoms with Gasteiger partial charge in [-0.15, -0.1) is 0 Å². The van der Waals surface area contributed by atoms with E-state index in [-0.39, 0.29) is 11.9 Å². The van der Waals surface area contributed by atoms with Gasteiger partial charge in [-0.05, 0) is 37.9 Å². The molecule has 1 aromatic carbocycles. The second-order valence-corrected chi connectivity index (χ2v) is 4.92. The molecule has 2 rings (SSSR count). The SMILES string of the molecule is CCNC1CCCCCC1Oc1cccc(F)c1. The van der Waals surface area contributed by atoms with Crippen LogP contribution in [0.3, 0.4) is 0 Å². The summed E-state index contributed by atoms with van der Waals surface area (Å²) in [6, 6.07) is 6.83. The molecule has 0 saturated heterocycles. The van der Waals surface area contributed by atoms with Crippen LogP contribution in [-0.2, 0) is 0 Å². The summed E-state index contributed by atoms with van der Waals surface area (Å²) in [6.45, 7) is 3.07. The molecule has 2 nitrogen and oxygen atoms in total. The van der Waals surface area contributed by atoms with Crippen LogP contribution in [0.1, 0.15) is 39.0 Å². The third-order valence-electron chi connectivity index (χ3n) is 3.50. The van der Waals surface area contributed by atoms with Crippen LogP contribution in [0.5, 0.6) is 5.75 Å². The van der Waals surface area contributed by atoms with E-state index in [4.69, 9.17) is 4.74 Å². The van der Waals surface area contributed by atoms with Crippen molar-refractivity contribution in [3.8, 4) is 5.75 Å². The number of ether oxygens (including phenoxy) is 1. The first-order valence-electron chi connectivity index (χ1n) is 6.95. The highest BCUT2D eigenvalue weighted by Gasteiger charge is 2.24. The quantitative estimate of drug-likeness (QED) is 0.827. The molecule has 0 spiro atoms. The lowest BCUT2D eigenvalue weighted by atomic mass is 10.1. The smallest absolute Gasteiger partial charge is 0.126 e. The first-order valence-corrected chi connectivity index (χ1v) is 6.95. The molecule has 0 aliphatic heterocycles. The van der Waals surface area contributed by atoms with E-state index >= 15 is 0 Å². The molecule has 0 heterocycles. The highest BCUT2D eigenvalue weighted by molar-refractivity contribution is 5.22.